The highest BCUT2D eigenvalue weighted by atomic mass is 16.1. The highest BCUT2D eigenvalue weighted by Gasteiger charge is 2.26. The third-order valence-electron chi connectivity index (χ3n) is 9.93. The quantitative estimate of drug-likeness (QED) is 0.0663. The second-order valence-corrected chi connectivity index (χ2v) is 14.1. The van der Waals surface area contributed by atoms with Crippen LogP contribution in [0.5, 0.6) is 0 Å². The van der Waals surface area contributed by atoms with Crippen molar-refractivity contribution in [1.29, 1.82) is 0 Å². The van der Waals surface area contributed by atoms with Crippen LogP contribution in [0.4, 0.5) is 0 Å². The fourth-order valence-electron chi connectivity index (χ4n) is 6.94. The summed E-state index contributed by atoms with van der Waals surface area (Å²) in [5.41, 5.74) is 0. The van der Waals surface area contributed by atoms with Gasteiger partial charge in [-0.25, -0.2) is 0 Å². The van der Waals surface area contributed by atoms with Crippen LogP contribution < -0.4 is 0 Å². The zero-order valence-electron chi connectivity index (χ0n) is 30.1. The molecule has 0 aromatic carbocycles. The van der Waals surface area contributed by atoms with E-state index in [1.54, 1.807) is 0 Å². The van der Waals surface area contributed by atoms with Crippen LogP contribution in [0.25, 0.3) is 0 Å². The minimum Gasteiger partial charge on any atom is -0.299 e. The number of carbonyl (C=O) groups is 1. The summed E-state index contributed by atoms with van der Waals surface area (Å²) in [5.74, 6) is 1.39. The minimum absolute atomic E-state index is 0.351. The molecule has 0 aromatic rings. The van der Waals surface area contributed by atoms with E-state index in [0.29, 0.717) is 17.6 Å². The molecule has 0 fully saturated rings. The zero-order chi connectivity index (χ0) is 30.8. The molecule has 0 amide bonds. The van der Waals surface area contributed by atoms with E-state index in [-0.39, 0.29) is 0 Å². The Labute approximate surface area is 267 Å². The lowest BCUT2D eigenvalue weighted by Crippen LogP contribution is -2.24. The highest BCUT2D eigenvalue weighted by molar-refractivity contribution is 5.83. The van der Waals surface area contributed by atoms with Crippen LogP contribution in [0.2, 0.25) is 0 Å². The maximum atomic E-state index is 14.1. The van der Waals surface area contributed by atoms with E-state index in [4.69, 9.17) is 0 Å². The molecule has 0 aromatic heterocycles. The predicted octanol–water partition coefficient (Wildman–Crippen LogP) is 15.1. The molecule has 0 saturated heterocycles. The summed E-state index contributed by atoms with van der Waals surface area (Å²) in [6.07, 6.45) is 45.6. The first-order valence-electron chi connectivity index (χ1n) is 20.2. The maximum absolute atomic E-state index is 14.1. The first-order chi connectivity index (χ1) is 20.7. The molecule has 0 aliphatic heterocycles. The lowest BCUT2D eigenvalue weighted by Gasteiger charge is -2.23. The predicted molar refractivity (Wildman–Crippen MR) is 192 cm³/mol. The monoisotopic (exact) mass is 591 g/mol. The van der Waals surface area contributed by atoms with Crippen LogP contribution >= 0.6 is 0 Å². The van der Waals surface area contributed by atoms with E-state index >= 15 is 0 Å². The van der Waals surface area contributed by atoms with E-state index in [1.165, 1.54) is 218 Å². The largest absolute Gasteiger partial charge is 0.299 e. The molecule has 42 heavy (non-hydrogen) atoms. The average molecular weight is 591 g/mol. The van der Waals surface area contributed by atoms with Gasteiger partial charge in [0.1, 0.15) is 5.78 Å². The van der Waals surface area contributed by atoms with Gasteiger partial charge in [0.15, 0.2) is 0 Å². The van der Waals surface area contributed by atoms with Gasteiger partial charge in [0.2, 0.25) is 0 Å². The topological polar surface area (TPSA) is 17.1 Å². The molecule has 2 unspecified atom stereocenters. The fourth-order valence-corrected chi connectivity index (χ4v) is 6.94. The van der Waals surface area contributed by atoms with Gasteiger partial charge in [-0.05, 0) is 25.7 Å². The molecule has 0 radical (unpaired) electrons. The summed E-state index contributed by atoms with van der Waals surface area (Å²) in [4.78, 5) is 14.1. The van der Waals surface area contributed by atoms with E-state index in [0.717, 1.165) is 0 Å². The molecule has 1 nitrogen and oxygen atoms in total. The van der Waals surface area contributed by atoms with Gasteiger partial charge in [0.05, 0.1) is 0 Å². The summed E-state index contributed by atoms with van der Waals surface area (Å²) < 4.78 is 0. The number of ketones is 1. The Bertz CT molecular complexity index is 467. The van der Waals surface area contributed by atoms with Crippen molar-refractivity contribution in [2.45, 2.75) is 246 Å². The highest BCUT2D eigenvalue weighted by Crippen LogP contribution is 2.29. The standard InChI is InChI=1S/C41H82O/c1-5-9-13-17-21-25-29-33-37-39(35-31-27-23-19-15-11-7-3)41(42)40(36-32-28-24-20-16-12-8-4)38-34-30-26-22-18-14-10-6-2/h39-40H,5-38H2,1-4H3. The van der Waals surface area contributed by atoms with E-state index < -0.39 is 0 Å². The van der Waals surface area contributed by atoms with Crippen molar-refractivity contribution >= 4 is 5.78 Å². The molecule has 0 bridgehead atoms. The molecule has 0 N–H and O–H groups in total. The molecule has 1 heteroatoms. The SMILES string of the molecule is CCCCCCCCCCC(CCCCCCCCC)C(=O)C(CCCCCCCCC)CCCCCCCCCC. The molecule has 0 aliphatic rings. The normalized spacial score (nSPS) is 13.0. The third kappa shape index (κ3) is 28.4. The van der Waals surface area contributed by atoms with Crippen molar-refractivity contribution in [3.05, 3.63) is 0 Å². The van der Waals surface area contributed by atoms with Crippen molar-refractivity contribution in [3.63, 3.8) is 0 Å². The Morgan fingerprint density at radius 1 is 0.286 bits per heavy atom. The number of hydrogen-bond donors (Lipinski definition) is 0. The Kier molecular flexibility index (Phi) is 34.9. The smallest absolute Gasteiger partial charge is 0.139 e. The second kappa shape index (κ2) is 35.2. The Morgan fingerprint density at radius 3 is 0.643 bits per heavy atom. The van der Waals surface area contributed by atoms with Crippen LogP contribution in [0, 0.1) is 11.8 Å². The van der Waals surface area contributed by atoms with Crippen LogP contribution in [0.15, 0.2) is 0 Å². The van der Waals surface area contributed by atoms with Crippen molar-refractivity contribution in [3.8, 4) is 0 Å². The molecular weight excluding hydrogens is 508 g/mol. The first kappa shape index (κ1) is 41.7. The van der Waals surface area contributed by atoms with Gasteiger partial charge < -0.3 is 0 Å². The van der Waals surface area contributed by atoms with Crippen molar-refractivity contribution in [2.75, 3.05) is 0 Å². The first-order valence-corrected chi connectivity index (χ1v) is 20.2. The molecule has 0 heterocycles. The Morgan fingerprint density at radius 2 is 0.452 bits per heavy atom. The molecule has 252 valence electrons. The maximum Gasteiger partial charge on any atom is 0.139 e. The summed E-state index contributed by atoms with van der Waals surface area (Å²) in [6.45, 7) is 9.21. The lowest BCUT2D eigenvalue weighted by molar-refractivity contribution is -0.128. The molecule has 0 aliphatic carbocycles. The van der Waals surface area contributed by atoms with Gasteiger partial charge in [-0.2, -0.15) is 0 Å². The van der Waals surface area contributed by atoms with Gasteiger partial charge in [-0.1, -0.05) is 220 Å². The van der Waals surface area contributed by atoms with E-state index in [1.807, 2.05) is 0 Å². The third-order valence-corrected chi connectivity index (χ3v) is 9.93. The van der Waals surface area contributed by atoms with Gasteiger partial charge in [0, 0.05) is 11.8 Å². The van der Waals surface area contributed by atoms with Crippen LogP contribution in [-0.2, 0) is 4.79 Å². The average Bonchev–Trinajstić information content (AvgIpc) is 3.00. The zero-order valence-corrected chi connectivity index (χ0v) is 30.1. The van der Waals surface area contributed by atoms with Gasteiger partial charge in [-0.15, -0.1) is 0 Å². The number of carbonyl (C=O) groups excluding carboxylic acids is 1. The van der Waals surface area contributed by atoms with Gasteiger partial charge in [0.25, 0.3) is 0 Å². The van der Waals surface area contributed by atoms with Gasteiger partial charge in [-0.3, -0.25) is 4.79 Å². The molecule has 0 spiro atoms. The van der Waals surface area contributed by atoms with Gasteiger partial charge >= 0.3 is 0 Å². The summed E-state index contributed by atoms with van der Waals surface area (Å²) in [7, 11) is 0. The van der Waals surface area contributed by atoms with Crippen LogP contribution in [-0.4, -0.2) is 5.78 Å². The minimum atomic E-state index is 0.351. The number of unbranched alkanes of at least 4 members (excludes halogenated alkanes) is 26. The summed E-state index contributed by atoms with van der Waals surface area (Å²) in [6, 6.07) is 0. The molecule has 0 rings (SSSR count). The van der Waals surface area contributed by atoms with Crippen LogP contribution in [0.3, 0.4) is 0 Å². The van der Waals surface area contributed by atoms with Crippen molar-refractivity contribution < 1.29 is 4.79 Å². The molecule has 0 saturated carbocycles. The van der Waals surface area contributed by atoms with E-state index in [9.17, 15) is 4.79 Å². The summed E-state index contributed by atoms with van der Waals surface area (Å²) in [5, 5.41) is 0. The molecule has 2 atom stereocenters. The summed E-state index contributed by atoms with van der Waals surface area (Å²) >= 11 is 0. The number of Topliss-reactive ketones (excluding diaryl/α,β-unsaturated/α-hetero) is 1. The number of hydrogen-bond acceptors (Lipinski definition) is 1. The van der Waals surface area contributed by atoms with Crippen LogP contribution in [0.1, 0.15) is 246 Å². The van der Waals surface area contributed by atoms with Crippen molar-refractivity contribution in [1.82, 2.24) is 0 Å². The molecular formula is C41H82O. The number of rotatable bonds is 36. The lowest BCUT2D eigenvalue weighted by atomic mass is 9.80. The fraction of sp³-hybridized carbons (Fsp3) is 0.976. The Balaban J connectivity index is 4.86. The Hall–Kier alpha value is -0.330. The second-order valence-electron chi connectivity index (χ2n) is 14.1. The van der Waals surface area contributed by atoms with Crippen molar-refractivity contribution in [2.24, 2.45) is 11.8 Å². The van der Waals surface area contributed by atoms with E-state index in [2.05, 4.69) is 27.7 Å².